The summed E-state index contributed by atoms with van der Waals surface area (Å²) in [6, 6.07) is 5.63. The van der Waals surface area contributed by atoms with Crippen molar-refractivity contribution in [1.29, 1.82) is 0 Å². The minimum Gasteiger partial charge on any atom is -0.481 e. The number of rotatable bonds is 4. The summed E-state index contributed by atoms with van der Waals surface area (Å²) >= 11 is 0. The Labute approximate surface area is 124 Å². The van der Waals surface area contributed by atoms with Gasteiger partial charge in [-0.15, -0.1) is 0 Å². The molecule has 0 spiro atoms. The van der Waals surface area contributed by atoms with Gasteiger partial charge in [0.15, 0.2) is 0 Å². The van der Waals surface area contributed by atoms with E-state index < -0.39 is 5.97 Å². The van der Waals surface area contributed by atoms with Crippen molar-refractivity contribution >= 4 is 17.7 Å². The minimum atomic E-state index is -0.771. The summed E-state index contributed by atoms with van der Waals surface area (Å²) in [7, 11) is 0. The number of para-hydroxylation sites is 1. The first-order valence-corrected chi connectivity index (χ1v) is 7.40. The van der Waals surface area contributed by atoms with Gasteiger partial charge >= 0.3 is 12.0 Å². The van der Waals surface area contributed by atoms with Gasteiger partial charge in [-0.05, 0) is 43.7 Å². The fourth-order valence-corrected chi connectivity index (χ4v) is 2.87. The van der Waals surface area contributed by atoms with Crippen LogP contribution in [-0.4, -0.2) is 23.1 Å². The second kappa shape index (κ2) is 6.61. The molecule has 0 heterocycles. The lowest BCUT2D eigenvalue weighted by atomic mass is 10.1. The largest absolute Gasteiger partial charge is 0.481 e. The van der Waals surface area contributed by atoms with E-state index in [4.69, 9.17) is 5.11 Å². The third-order valence-electron chi connectivity index (χ3n) is 4.10. The SMILES string of the molecule is CCc1cccc(C)c1NC(=O)N[C@H]1CC[C@@H](C(=O)O)C1. The van der Waals surface area contributed by atoms with Gasteiger partial charge in [-0.25, -0.2) is 4.79 Å². The van der Waals surface area contributed by atoms with Crippen LogP contribution in [0.1, 0.15) is 37.3 Å². The van der Waals surface area contributed by atoms with Crippen LogP contribution in [0.5, 0.6) is 0 Å². The number of urea groups is 1. The Kier molecular flexibility index (Phi) is 4.83. The second-order valence-electron chi connectivity index (χ2n) is 5.61. The highest BCUT2D eigenvalue weighted by Crippen LogP contribution is 2.26. The molecule has 5 nitrogen and oxygen atoms in total. The average Bonchev–Trinajstić information content (AvgIpc) is 2.89. The molecule has 1 saturated carbocycles. The molecule has 2 atom stereocenters. The first-order valence-electron chi connectivity index (χ1n) is 7.40. The highest BCUT2D eigenvalue weighted by Gasteiger charge is 2.30. The van der Waals surface area contributed by atoms with E-state index in [0.29, 0.717) is 12.8 Å². The maximum Gasteiger partial charge on any atom is 0.319 e. The fourth-order valence-electron chi connectivity index (χ4n) is 2.87. The Bertz CT molecular complexity index is 542. The van der Waals surface area contributed by atoms with Crippen molar-refractivity contribution in [1.82, 2.24) is 5.32 Å². The van der Waals surface area contributed by atoms with Crippen molar-refractivity contribution < 1.29 is 14.7 Å². The summed E-state index contributed by atoms with van der Waals surface area (Å²) in [5.41, 5.74) is 2.98. The van der Waals surface area contributed by atoms with E-state index in [-0.39, 0.29) is 18.0 Å². The van der Waals surface area contributed by atoms with Gasteiger partial charge in [0.05, 0.1) is 5.92 Å². The topological polar surface area (TPSA) is 78.4 Å². The van der Waals surface area contributed by atoms with E-state index in [1.807, 2.05) is 32.0 Å². The molecule has 21 heavy (non-hydrogen) atoms. The number of aliphatic carboxylic acids is 1. The van der Waals surface area contributed by atoms with Crippen LogP contribution in [0.2, 0.25) is 0 Å². The molecule has 0 bridgehead atoms. The predicted molar refractivity (Wildman–Crippen MR) is 81.5 cm³/mol. The van der Waals surface area contributed by atoms with E-state index in [2.05, 4.69) is 10.6 Å². The van der Waals surface area contributed by atoms with E-state index in [1.165, 1.54) is 0 Å². The van der Waals surface area contributed by atoms with Crippen LogP contribution in [0.25, 0.3) is 0 Å². The van der Waals surface area contributed by atoms with E-state index in [9.17, 15) is 9.59 Å². The van der Waals surface area contributed by atoms with Gasteiger partial charge in [0.25, 0.3) is 0 Å². The Morgan fingerprint density at radius 3 is 2.71 bits per heavy atom. The Balaban J connectivity index is 1.95. The lowest BCUT2D eigenvalue weighted by Crippen LogP contribution is -2.37. The maximum absolute atomic E-state index is 12.1. The highest BCUT2D eigenvalue weighted by atomic mass is 16.4. The summed E-state index contributed by atoms with van der Waals surface area (Å²) in [5.74, 6) is -1.10. The summed E-state index contributed by atoms with van der Waals surface area (Å²) < 4.78 is 0. The molecule has 1 aliphatic rings. The summed E-state index contributed by atoms with van der Waals surface area (Å²) in [6.07, 6.45) is 2.71. The standard InChI is InChI=1S/C16H22N2O3/c1-3-11-6-4-5-10(2)14(11)18-16(21)17-13-8-7-12(9-13)15(19)20/h4-6,12-13H,3,7-9H2,1-2H3,(H,19,20)(H2,17,18,21)/t12-,13+/m1/s1. The summed E-state index contributed by atoms with van der Waals surface area (Å²) in [5, 5.41) is 14.8. The van der Waals surface area contributed by atoms with E-state index >= 15 is 0 Å². The van der Waals surface area contributed by atoms with Crippen LogP contribution in [0.15, 0.2) is 18.2 Å². The molecule has 1 aromatic rings. The van der Waals surface area contributed by atoms with Crippen molar-refractivity contribution in [3.63, 3.8) is 0 Å². The summed E-state index contributed by atoms with van der Waals surface area (Å²) in [4.78, 5) is 23.0. The van der Waals surface area contributed by atoms with Crippen LogP contribution in [-0.2, 0) is 11.2 Å². The summed E-state index contributed by atoms with van der Waals surface area (Å²) in [6.45, 7) is 4.01. The molecule has 1 aromatic carbocycles. The zero-order chi connectivity index (χ0) is 15.4. The van der Waals surface area contributed by atoms with Crippen LogP contribution < -0.4 is 10.6 Å². The molecule has 0 saturated heterocycles. The minimum absolute atomic E-state index is 0.0554. The Hall–Kier alpha value is -2.04. The van der Waals surface area contributed by atoms with Gasteiger partial charge in [-0.3, -0.25) is 4.79 Å². The molecule has 1 fully saturated rings. The van der Waals surface area contributed by atoms with Crippen LogP contribution in [0.4, 0.5) is 10.5 Å². The van der Waals surface area contributed by atoms with Crippen molar-refractivity contribution in [2.24, 2.45) is 5.92 Å². The third-order valence-corrected chi connectivity index (χ3v) is 4.10. The molecule has 114 valence electrons. The van der Waals surface area contributed by atoms with Crippen LogP contribution in [0, 0.1) is 12.8 Å². The lowest BCUT2D eigenvalue weighted by Gasteiger charge is -2.16. The molecule has 5 heteroatoms. The molecule has 2 rings (SSSR count). The van der Waals surface area contributed by atoms with Crippen LogP contribution >= 0.6 is 0 Å². The third kappa shape index (κ3) is 3.74. The first-order chi connectivity index (χ1) is 10.0. The number of carboxylic acid groups (broad SMARTS) is 1. The number of nitrogens with one attached hydrogen (secondary N) is 2. The van der Waals surface area contributed by atoms with Gasteiger partial charge in [-0.1, -0.05) is 25.1 Å². The number of hydrogen-bond acceptors (Lipinski definition) is 2. The number of benzene rings is 1. The zero-order valence-corrected chi connectivity index (χ0v) is 12.5. The average molecular weight is 290 g/mol. The van der Waals surface area contributed by atoms with E-state index in [1.54, 1.807) is 0 Å². The quantitative estimate of drug-likeness (QED) is 0.797. The zero-order valence-electron chi connectivity index (χ0n) is 12.5. The van der Waals surface area contributed by atoms with Gasteiger partial charge < -0.3 is 15.7 Å². The monoisotopic (exact) mass is 290 g/mol. The molecule has 3 N–H and O–H groups in total. The first kappa shape index (κ1) is 15.4. The number of carbonyl (C=O) groups is 2. The molecular weight excluding hydrogens is 268 g/mol. The van der Waals surface area contributed by atoms with Crippen molar-refractivity contribution in [2.75, 3.05) is 5.32 Å². The molecule has 2 amide bonds. The lowest BCUT2D eigenvalue weighted by molar-refractivity contribution is -0.141. The highest BCUT2D eigenvalue weighted by molar-refractivity contribution is 5.91. The number of carbonyl (C=O) groups excluding carboxylic acids is 1. The number of hydrogen-bond donors (Lipinski definition) is 3. The normalized spacial score (nSPS) is 21.0. The number of carboxylic acids is 1. The van der Waals surface area contributed by atoms with Crippen molar-refractivity contribution in [3.05, 3.63) is 29.3 Å². The van der Waals surface area contributed by atoms with Gasteiger partial charge in [0.2, 0.25) is 0 Å². The molecule has 0 radical (unpaired) electrons. The molecular formula is C16H22N2O3. The van der Waals surface area contributed by atoms with Crippen LogP contribution in [0.3, 0.4) is 0 Å². The fraction of sp³-hybridized carbons (Fsp3) is 0.500. The van der Waals surface area contributed by atoms with Crippen molar-refractivity contribution in [3.8, 4) is 0 Å². The molecule has 0 aromatic heterocycles. The van der Waals surface area contributed by atoms with E-state index in [0.717, 1.165) is 29.7 Å². The Morgan fingerprint density at radius 1 is 1.33 bits per heavy atom. The van der Waals surface area contributed by atoms with Crippen molar-refractivity contribution in [2.45, 2.75) is 45.6 Å². The number of amides is 2. The maximum atomic E-state index is 12.1. The molecule has 0 unspecified atom stereocenters. The predicted octanol–water partition coefficient (Wildman–Crippen LogP) is 2.93. The number of aryl methyl sites for hydroxylation is 2. The molecule has 0 aliphatic heterocycles. The smallest absolute Gasteiger partial charge is 0.319 e. The van der Waals surface area contributed by atoms with Gasteiger partial charge in [0.1, 0.15) is 0 Å². The second-order valence-corrected chi connectivity index (χ2v) is 5.61. The number of anilines is 1. The Morgan fingerprint density at radius 2 is 2.10 bits per heavy atom. The van der Waals surface area contributed by atoms with Gasteiger partial charge in [0, 0.05) is 11.7 Å². The molecule has 1 aliphatic carbocycles. The van der Waals surface area contributed by atoms with Gasteiger partial charge in [-0.2, -0.15) is 0 Å².